The van der Waals surface area contributed by atoms with E-state index in [4.69, 9.17) is 5.11 Å². The first-order valence-corrected chi connectivity index (χ1v) is 5.02. The number of carboxylic acids is 1. The zero-order chi connectivity index (χ0) is 12.5. The van der Waals surface area contributed by atoms with Crippen LogP contribution in [0.3, 0.4) is 0 Å². The average molecular weight is 228 g/mol. The van der Waals surface area contributed by atoms with Crippen molar-refractivity contribution in [1.82, 2.24) is 9.80 Å². The van der Waals surface area contributed by atoms with Crippen molar-refractivity contribution in [2.24, 2.45) is 0 Å². The predicted molar refractivity (Wildman–Crippen MR) is 55.7 cm³/mol. The zero-order valence-corrected chi connectivity index (χ0v) is 9.69. The average Bonchev–Trinajstić information content (AvgIpc) is 1.96. The highest BCUT2D eigenvalue weighted by atomic mass is 16.4. The fraction of sp³-hybridized carbons (Fsp3) is 0.700. The Labute approximate surface area is 93.8 Å². The Morgan fingerprint density at radius 3 is 2.00 bits per heavy atom. The molecule has 1 aliphatic heterocycles. The third kappa shape index (κ3) is 2.79. The highest BCUT2D eigenvalue weighted by molar-refractivity contribution is 6.00. The summed E-state index contributed by atoms with van der Waals surface area (Å²) in [5.74, 6) is -1.72. The third-order valence-electron chi connectivity index (χ3n) is 2.25. The molecule has 0 aromatic carbocycles. The molecule has 1 saturated heterocycles. The minimum atomic E-state index is -1.04. The summed E-state index contributed by atoms with van der Waals surface area (Å²) < 4.78 is 0. The van der Waals surface area contributed by atoms with Gasteiger partial charge in [-0.25, -0.2) is 0 Å². The molecule has 1 aliphatic rings. The molecule has 1 rings (SSSR count). The normalized spacial score (nSPS) is 19.1. The summed E-state index contributed by atoms with van der Waals surface area (Å²) in [6.07, 6.45) is 0. The standard InChI is InChI=1S/C10H16N2O4/c1-10(2,3)12-7(13)4-11(5-8(12)14)6-9(15)16/h4-6H2,1-3H3,(H,15,16). The molecule has 16 heavy (non-hydrogen) atoms. The van der Waals surface area contributed by atoms with Gasteiger partial charge >= 0.3 is 5.97 Å². The number of amides is 2. The Kier molecular flexibility index (Phi) is 3.32. The Morgan fingerprint density at radius 1 is 1.25 bits per heavy atom. The SMILES string of the molecule is CC(C)(C)N1C(=O)CN(CC(=O)O)CC1=O. The van der Waals surface area contributed by atoms with E-state index in [1.165, 1.54) is 9.80 Å². The van der Waals surface area contributed by atoms with Gasteiger partial charge in [0.2, 0.25) is 11.8 Å². The van der Waals surface area contributed by atoms with Crippen molar-refractivity contribution < 1.29 is 19.5 Å². The van der Waals surface area contributed by atoms with Gasteiger partial charge in [-0.3, -0.25) is 24.2 Å². The Bertz CT molecular complexity index is 314. The fourth-order valence-electron chi connectivity index (χ4n) is 1.77. The molecule has 1 heterocycles. The van der Waals surface area contributed by atoms with Gasteiger partial charge in [0.15, 0.2) is 0 Å². The number of carbonyl (C=O) groups is 3. The Hall–Kier alpha value is -1.43. The molecule has 0 aliphatic carbocycles. The van der Waals surface area contributed by atoms with Crippen LogP contribution in [0.15, 0.2) is 0 Å². The van der Waals surface area contributed by atoms with E-state index in [1.54, 1.807) is 20.8 Å². The van der Waals surface area contributed by atoms with Crippen LogP contribution in [0.5, 0.6) is 0 Å². The van der Waals surface area contributed by atoms with Crippen LogP contribution >= 0.6 is 0 Å². The number of carbonyl (C=O) groups excluding carboxylic acids is 2. The van der Waals surface area contributed by atoms with Gasteiger partial charge in [0.1, 0.15) is 0 Å². The van der Waals surface area contributed by atoms with Crippen molar-refractivity contribution in [2.75, 3.05) is 19.6 Å². The van der Waals surface area contributed by atoms with E-state index in [9.17, 15) is 14.4 Å². The quantitative estimate of drug-likeness (QED) is 0.647. The summed E-state index contributed by atoms with van der Waals surface area (Å²) in [6, 6.07) is 0. The summed E-state index contributed by atoms with van der Waals surface area (Å²) >= 11 is 0. The van der Waals surface area contributed by atoms with E-state index in [1.807, 2.05) is 0 Å². The minimum absolute atomic E-state index is 0.0185. The molecule has 1 N–H and O–H groups in total. The van der Waals surface area contributed by atoms with Gasteiger partial charge in [-0.15, -0.1) is 0 Å². The number of hydrogen-bond acceptors (Lipinski definition) is 4. The van der Waals surface area contributed by atoms with Crippen LogP contribution in [0.25, 0.3) is 0 Å². The second-order valence-electron chi connectivity index (χ2n) is 4.83. The first kappa shape index (κ1) is 12.6. The van der Waals surface area contributed by atoms with Crippen molar-refractivity contribution in [3.63, 3.8) is 0 Å². The molecule has 0 bridgehead atoms. The number of piperazine rings is 1. The van der Waals surface area contributed by atoms with E-state index in [0.29, 0.717) is 0 Å². The number of nitrogens with zero attached hydrogens (tertiary/aromatic N) is 2. The number of carboxylic acid groups (broad SMARTS) is 1. The van der Waals surface area contributed by atoms with E-state index in [2.05, 4.69) is 0 Å². The van der Waals surface area contributed by atoms with Crippen molar-refractivity contribution in [2.45, 2.75) is 26.3 Å². The van der Waals surface area contributed by atoms with E-state index >= 15 is 0 Å². The van der Waals surface area contributed by atoms with Gasteiger partial charge in [0, 0.05) is 5.54 Å². The summed E-state index contributed by atoms with van der Waals surface area (Å²) in [7, 11) is 0. The van der Waals surface area contributed by atoms with Crippen LogP contribution in [0.4, 0.5) is 0 Å². The number of hydrogen-bond donors (Lipinski definition) is 1. The van der Waals surface area contributed by atoms with Gasteiger partial charge in [0.05, 0.1) is 19.6 Å². The second kappa shape index (κ2) is 4.21. The molecule has 90 valence electrons. The smallest absolute Gasteiger partial charge is 0.317 e. The van der Waals surface area contributed by atoms with Gasteiger partial charge in [-0.05, 0) is 20.8 Å². The van der Waals surface area contributed by atoms with Crippen LogP contribution in [0.2, 0.25) is 0 Å². The molecule has 1 fully saturated rings. The van der Waals surface area contributed by atoms with Crippen molar-refractivity contribution >= 4 is 17.8 Å². The van der Waals surface area contributed by atoms with Gasteiger partial charge in [0.25, 0.3) is 0 Å². The summed E-state index contributed by atoms with van der Waals surface area (Å²) in [5, 5.41) is 8.59. The molecule has 2 amide bonds. The second-order valence-corrected chi connectivity index (χ2v) is 4.83. The maximum absolute atomic E-state index is 11.7. The molecular formula is C10H16N2O4. The highest BCUT2D eigenvalue weighted by Gasteiger charge is 2.38. The molecule has 0 atom stereocenters. The molecule has 0 saturated carbocycles. The molecule has 0 radical (unpaired) electrons. The largest absolute Gasteiger partial charge is 0.480 e. The lowest BCUT2D eigenvalue weighted by molar-refractivity contribution is -0.158. The first-order chi connectivity index (χ1) is 7.21. The highest BCUT2D eigenvalue weighted by Crippen LogP contribution is 2.17. The fourth-order valence-corrected chi connectivity index (χ4v) is 1.77. The minimum Gasteiger partial charge on any atom is -0.480 e. The van der Waals surface area contributed by atoms with E-state index < -0.39 is 11.5 Å². The lowest BCUT2D eigenvalue weighted by atomic mass is 10.0. The number of aliphatic carboxylic acids is 1. The summed E-state index contributed by atoms with van der Waals surface area (Å²) in [4.78, 5) is 36.4. The van der Waals surface area contributed by atoms with Crippen LogP contribution in [0.1, 0.15) is 20.8 Å². The molecule has 0 aromatic rings. The van der Waals surface area contributed by atoms with E-state index in [0.717, 1.165) is 0 Å². The summed E-state index contributed by atoms with van der Waals surface area (Å²) in [5.41, 5.74) is -0.552. The number of imide groups is 1. The molecular weight excluding hydrogens is 212 g/mol. The van der Waals surface area contributed by atoms with E-state index in [-0.39, 0.29) is 31.4 Å². The van der Waals surface area contributed by atoms with Crippen molar-refractivity contribution in [3.8, 4) is 0 Å². The van der Waals surface area contributed by atoms with Crippen molar-refractivity contribution in [1.29, 1.82) is 0 Å². The topological polar surface area (TPSA) is 77.9 Å². The van der Waals surface area contributed by atoms with Crippen LogP contribution in [-0.2, 0) is 14.4 Å². The van der Waals surface area contributed by atoms with Gasteiger partial charge < -0.3 is 5.11 Å². The van der Waals surface area contributed by atoms with Crippen LogP contribution in [-0.4, -0.2) is 57.9 Å². The number of rotatable bonds is 2. The van der Waals surface area contributed by atoms with Crippen molar-refractivity contribution in [3.05, 3.63) is 0 Å². The van der Waals surface area contributed by atoms with Crippen LogP contribution < -0.4 is 0 Å². The summed E-state index contributed by atoms with van der Waals surface area (Å²) in [6.45, 7) is 5.00. The van der Waals surface area contributed by atoms with Gasteiger partial charge in [-0.2, -0.15) is 0 Å². The maximum Gasteiger partial charge on any atom is 0.317 e. The maximum atomic E-state index is 11.7. The molecule has 0 aromatic heterocycles. The van der Waals surface area contributed by atoms with Crippen LogP contribution in [0, 0.1) is 0 Å². The molecule has 0 spiro atoms. The predicted octanol–water partition coefficient (Wildman–Crippen LogP) is -0.460. The molecule has 6 nitrogen and oxygen atoms in total. The lowest BCUT2D eigenvalue weighted by Crippen LogP contribution is -2.60. The third-order valence-corrected chi connectivity index (χ3v) is 2.25. The lowest BCUT2D eigenvalue weighted by Gasteiger charge is -2.39. The monoisotopic (exact) mass is 228 g/mol. The Morgan fingerprint density at radius 2 is 1.69 bits per heavy atom. The van der Waals surface area contributed by atoms with Gasteiger partial charge in [-0.1, -0.05) is 0 Å². The zero-order valence-electron chi connectivity index (χ0n) is 9.69. The Balaban J connectivity index is 2.76. The molecule has 0 unspecified atom stereocenters. The molecule has 6 heteroatoms. The first-order valence-electron chi connectivity index (χ1n) is 5.02.